The predicted octanol–water partition coefficient (Wildman–Crippen LogP) is 3.65. The molecule has 0 saturated carbocycles. The van der Waals surface area contributed by atoms with E-state index < -0.39 is 8.32 Å². The number of phenols is 1. The van der Waals surface area contributed by atoms with Crippen LogP contribution in [0.4, 0.5) is 0 Å². The molecule has 0 radical (unpaired) electrons. The summed E-state index contributed by atoms with van der Waals surface area (Å²) >= 11 is 0. The first-order valence-corrected chi connectivity index (χ1v) is 9.56. The number of phenolic OH excluding ortho intramolecular Hbond substituents is 1. The van der Waals surface area contributed by atoms with Crippen LogP contribution < -0.4 is 4.74 Å². The minimum absolute atomic E-state index is 0.254. The summed E-state index contributed by atoms with van der Waals surface area (Å²) in [6.45, 7) is 10.1. The van der Waals surface area contributed by atoms with Gasteiger partial charge in [0.1, 0.15) is 18.1 Å². The molecule has 0 bridgehead atoms. The fraction of sp³-hybridized carbons (Fsp3) is 0.571. The zero-order chi connectivity index (χ0) is 13.6. The van der Waals surface area contributed by atoms with Crippen molar-refractivity contribution in [2.75, 3.05) is 13.2 Å². The number of ether oxygens (including phenoxy) is 1. The Morgan fingerprint density at radius 1 is 1.11 bits per heavy atom. The minimum atomic E-state index is -1.53. The summed E-state index contributed by atoms with van der Waals surface area (Å²) in [6, 6.07) is 7.92. The molecule has 18 heavy (non-hydrogen) atoms. The van der Waals surface area contributed by atoms with Gasteiger partial charge in [0.05, 0.1) is 6.61 Å². The molecule has 4 heteroatoms. The maximum atomic E-state index is 9.14. The van der Waals surface area contributed by atoms with Crippen molar-refractivity contribution in [2.45, 2.75) is 33.0 Å². The second kappa shape index (κ2) is 6.80. The Morgan fingerprint density at radius 3 is 2.28 bits per heavy atom. The molecule has 0 amide bonds. The summed E-state index contributed by atoms with van der Waals surface area (Å²) in [5.41, 5.74) is 0. The van der Waals surface area contributed by atoms with E-state index in [4.69, 9.17) is 14.3 Å². The van der Waals surface area contributed by atoms with Crippen LogP contribution in [0, 0.1) is 5.92 Å². The molecule has 0 spiro atoms. The van der Waals surface area contributed by atoms with Gasteiger partial charge in [-0.05, 0) is 49.3 Å². The summed E-state index contributed by atoms with van der Waals surface area (Å²) < 4.78 is 11.5. The Kier molecular flexibility index (Phi) is 5.69. The first-order chi connectivity index (χ1) is 8.39. The van der Waals surface area contributed by atoms with Crippen LogP contribution in [0.1, 0.15) is 13.8 Å². The molecule has 0 fully saturated rings. The van der Waals surface area contributed by atoms with Crippen molar-refractivity contribution in [3.63, 3.8) is 0 Å². The molecule has 0 saturated heterocycles. The van der Waals surface area contributed by atoms with Gasteiger partial charge in [-0.1, -0.05) is 13.8 Å². The van der Waals surface area contributed by atoms with Crippen LogP contribution in [-0.2, 0) is 4.43 Å². The van der Waals surface area contributed by atoms with E-state index in [1.807, 2.05) is 0 Å². The van der Waals surface area contributed by atoms with Crippen molar-refractivity contribution < 1.29 is 14.3 Å². The van der Waals surface area contributed by atoms with E-state index in [2.05, 4.69) is 26.9 Å². The van der Waals surface area contributed by atoms with Gasteiger partial charge in [0.2, 0.25) is 0 Å². The lowest BCUT2D eigenvalue weighted by atomic mass is 10.3. The van der Waals surface area contributed by atoms with Crippen molar-refractivity contribution in [3.8, 4) is 11.5 Å². The second-order valence-corrected chi connectivity index (χ2v) is 9.76. The molecule has 1 N–H and O–H groups in total. The Balaban J connectivity index is 2.24. The van der Waals surface area contributed by atoms with Crippen LogP contribution in [0.5, 0.6) is 11.5 Å². The number of aromatic hydroxyl groups is 1. The monoisotopic (exact) mass is 268 g/mol. The van der Waals surface area contributed by atoms with E-state index in [1.54, 1.807) is 24.3 Å². The van der Waals surface area contributed by atoms with E-state index in [0.29, 0.717) is 19.1 Å². The van der Waals surface area contributed by atoms with Crippen molar-refractivity contribution in [2.24, 2.45) is 5.92 Å². The maximum absolute atomic E-state index is 9.14. The first kappa shape index (κ1) is 15.1. The zero-order valence-corrected chi connectivity index (χ0v) is 12.8. The van der Waals surface area contributed by atoms with Crippen molar-refractivity contribution in [3.05, 3.63) is 24.3 Å². The Morgan fingerprint density at radius 2 is 1.72 bits per heavy atom. The fourth-order valence-electron chi connectivity index (χ4n) is 2.06. The van der Waals surface area contributed by atoms with Gasteiger partial charge in [-0.15, -0.1) is 0 Å². The fourth-order valence-corrected chi connectivity index (χ4v) is 4.78. The smallest absolute Gasteiger partial charge is 0.187 e. The molecule has 102 valence electrons. The third-order valence-electron chi connectivity index (χ3n) is 2.58. The molecule has 0 unspecified atom stereocenters. The van der Waals surface area contributed by atoms with Gasteiger partial charge in [-0.25, -0.2) is 0 Å². The van der Waals surface area contributed by atoms with Gasteiger partial charge in [0.15, 0.2) is 8.32 Å². The van der Waals surface area contributed by atoms with Crippen molar-refractivity contribution in [1.82, 2.24) is 0 Å². The minimum Gasteiger partial charge on any atom is -0.508 e. The van der Waals surface area contributed by atoms with E-state index in [0.717, 1.165) is 5.75 Å². The lowest BCUT2D eigenvalue weighted by Gasteiger charge is -2.24. The van der Waals surface area contributed by atoms with E-state index in [-0.39, 0.29) is 5.75 Å². The summed E-state index contributed by atoms with van der Waals surface area (Å²) in [6.07, 6.45) is 0. The highest BCUT2D eigenvalue weighted by atomic mass is 28.4. The molecule has 0 aliphatic carbocycles. The highest BCUT2D eigenvalue weighted by molar-refractivity contribution is 6.71. The summed E-state index contributed by atoms with van der Waals surface area (Å²) in [5, 5.41) is 9.14. The average molecular weight is 268 g/mol. The van der Waals surface area contributed by atoms with E-state index in [1.165, 1.54) is 6.04 Å². The number of hydrogen-bond donors (Lipinski definition) is 1. The van der Waals surface area contributed by atoms with Crippen LogP contribution in [0.15, 0.2) is 24.3 Å². The molecule has 0 aromatic heterocycles. The molecule has 3 nitrogen and oxygen atoms in total. The molecule has 1 rings (SSSR count). The highest BCUT2D eigenvalue weighted by Gasteiger charge is 2.23. The molecule has 0 aliphatic rings. The number of hydrogen-bond acceptors (Lipinski definition) is 3. The SMILES string of the molecule is CC(C)C[Si](C)(C)OCCOc1ccc(O)cc1. The van der Waals surface area contributed by atoms with E-state index in [9.17, 15) is 0 Å². The Bertz CT molecular complexity index is 347. The average Bonchev–Trinajstić information content (AvgIpc) is 2.25. The largest absolute Gasteiger partial charge is 0.508 e. The Labute approximate surface area is 111 Å². The third-order valence-corrected chi connectivity index (χ3v) is 5.37. The van der Waals surface area contributed by atoms with Gasteiger partial charge in [0.25, 0.3) is 0 Å². The van der Waals surface area contributed by atoms with Gasteiger partial charge >= 0.3 is 0 Å². The van der Waals surface area contributed by atoms with Crippen molar-refractivity contribution >= 4 is 8.32 Å². The van der Waals surface area contributed by atoms with Crippen LogP contribution in [0.25, 0.3) is 0 Å². The van der Waals surface area contributed by atoms with Gasteiger partial charge in [-0.3, -0.25) is 0 Å². The van der Waals surface area contributed by atoms with Crippen LogP contribution in [0.3, 0.4) is 0 Å². The van der Waals surface area contributed by atoms with Crippen LogP contribution in [0.2, 0.25) is 19.1 Å². The molecular formula is C14H24O3Si. The Hall–Kier alpha value is -1.00. The highest BCUT2D eigenvalue weighted by Crippen LogP contribution is 2.18. The van der Waals surface area contributed by atoms with Crippen molar-refractivity contribution in [1.29, 1.82) is 0 Å². The quantitative estimate of drug-likeness (QED) is 0.606. The molecule has 0 atom stereocenters. The zero-order valence-electron chi connectivity index (χ0n) is 11.8. The van der Waals surface area contributed by atoms with Crippen LogP contribution >= 0.6 is 0 Å². The molecular weight excluding hydrogens is 244 g/mol. The van der Waals surface area contributed by atoms with Gasteiger partial charge in [0, 0.05) is 0 Å². The van der Waals surface area contributed by atoms with Crippen LogP contribution in [-0.4, -0.2) is 26.6 Å². The summed E-state index contributed by atoms with van der Waals surface area (Å²) in [5.74, 6) is 1.70. The molecule has 0 aliphatic heterocycles. The maximum Gasteiger partial charge on any atom is 0.187 e. The van der Waals surface area contributed by atoms with E-state index >= 15 is 0 Å². The normalized spacial score (nSPS) is 11.8. The second-order valence-electron chi connectivity index (χ2n) is 5.55. The molecule has 1 aromatic rings. The summed E-state index contributed by atoms with van der Waals surface area (Å²) in [7, 11) is -1.53. The summed E-state index contributed by atoms with van der Waals surface area (Å²) in [4.78, 5) is 0. The lowest BCUT2D eigenvalue weighted by molar-refractivity contribution is 0.209. The molecule has 0 heterocycles. The van der Waals surface area contributed by atoms with Gasteiger partial charge < -0.3 is 14.3 Å². The standard InChI is InChI=1S/C14H24O3Si/c1-12(2)11-18(3,4)17-10-9-16-14-7-5-13(15)6-8-14/h5-8,12,15H,9-11H2,1-4H3. The molecule has 1 aromatic carbocycles. The predicted molar refractivity (Wildman–Crippen MR) is 76.7 cm³/mol. The third kappa shape index (κ3) is 6.07. The number of rotatable bonds is 7. The topological polar surface area (TPSA) is 38.7 Å². The first-order valence-electron chi connectivity index (χ1n) is 6.45. The van der Waals surface area contributed by atoms with Gasteiger partial charge in [-0.2, -0.15) is 0 Å². The number of benzene rings is 1. The lowest BCUT2D eigenvalue weighted by Crippen LogP contribution is -2.33.